The van der Waals surface area contributed by atoms with E-state index in [0.29, 0.717) is 11.3 Å². The predicted molar refractivity (Wildman–Crippen MR) is 71.7 cm³/mol. The molecule has 1 atom stereocenters. The van der Waals surface area contributed by atoms with Crippen molar-refractivity contribution in [1.82, 2.24) is 0 Å². The van der Waals surface area contributed by atoms with Crippen LogP contribution < -0.4 is 0 Å². The van der Waals surface area contributed by atoms with Crippen molar-refractivity contribution in [3.05, 3.63) is 0 Å². The average Bonchev–Trinajstić information content (AvgIpc) is 2.18. The molecule has 2 rings (SSSR count). The standard InChI is InChI=1S/C16H28F2/c1-11(2)13-7-15(4,8-13)6-5-12(3)14-9-16(17,18)10-14/h11-14H,5-10H2,1-4H3. The van der Waals surface area contributed by atoms with Crippen LogP contribution in [0.15, 0.2) is 0 Å². The van der Waals surface area contributed by atoms with Gasteiger partial charge in [-0.05, 0) is 54.8 Å². The summed E-state index contributed by atoms with van der Waals surface area (Å²) < 4.78 is 25.7. The first kappa shape index (κ1) is 14.3. The first-order valence-corrected chi connectivity index (χ1v) is 7.59. The first-order valence-electron chi connectivity index (χ1n) is 7.59. The van der Waals surface area contributed by atoms with Crippen molar-refractivity contribution >= 4 is 0 Å². The molecule has 1 unspecified atom stereocenters. The Labute approximate surface area is 111 Å². The van der Waals surface area contributed by atoms with Crippen molar-refractivity contribution in [3.63, 3.8) is 0 Å². The van der Waals surface area contributed by atoms with Gasteiger partial charge in [-0.3, -0.25) is 0 Å². The second-order valence-electron chi connectivity index (χ2n) is 7.76. The number of alkyl halides is 2. The summed E-state index contributed by atoms with van der Waals surface area (Å²) >= 11 is 0. The smallest absolute Gasteiger partial charge is 0.207 e. The highest BCUT2D eigenvalue weighted by molar-refractivity contribution is 4.93. The Morgan fingerprint density at radius 3 is 2.00 bits per heavy atom. The zero-order valence-corrected chi connectivity index (χ0v) is 12.3. The van der Waals surface area contributed by atoms with Gasteiger partial charge >= 0.3 is 0 Å². The molecule has 106 valence electrons. The Hall–Kier alpha value is -0.140. The Bertz CT molecular complexity index is 281. The van der Waals surface area contributed by atoms with E-state index in [4.69, 9.17) is 0 Å². The maximum absolute atomic E-state index is 12.8. The molecule has 0 aromatic rings. The maximum Gasteiger partial charge on any atom is 0.248 e. The molecule has 0 aliphatic heterocycles. The fourth-order valence-electron chi connectivity index (χ4n) is 3.80. The molecular weight excluding hydrogens is 230 g/mol. The molecule has 0 saturated heterocycles. The lowest BCUT2D eigenvalue weighted by Crippen LogP contribution is -2.40. The summed E-state index contributed by atoms with van der Waals surface area (Å²) in [4.78, 5) is 0. The Morgan fingerprint density at radius 2 is 1.56 bits per heavy atom. The van der Waals surface area contributed by atoms with Crippen LogP contribution in [0.1, 0.15) is 66.2 Å². The molecule has 0 amide bonds. The van der Waals surface area contributed by atoms with Crippen molar-refractivity contribution in [2.45, 2.75) is 72.1 Å². The predicted octanol–water partition coefficient (Wildman–Crippen LogP) is 5.52. The van der Waals surface area contributed by atoms with E-state index in [9.17, 15) is 8.78 Å². The van der Waals surface area contributed by atoms with E-state index in [2.05, 4.69) is 27.7 Å². The largest absolute Gasteiger partial charge is 0.248 e. The molecule has 0 aromatic carbocycles. The quantitative estimate of drug-likeness (QED) is 0.609. The number of hydrogen-bond acceptors (Lipinski definition) is 0. The van der Waals surface area contributed by atoms with E-state index >= 15 is 0 Å². The summed E-state index contributed by atoms with van der Waals surface area (Å²) in [6.45, 7) is 9.17. The van der Waals surface area contributed by atoms with Crippen molar-refractivity contribution < 1.29 is 8.78 Å². The van der Waals surface area contributed by atoms with Crippen LogP contribution in [0, 0.1) is 29.1 Å². The molecule has 0 spiro atoms. The molecule has 2 saturated carbocycles. The van der Waals surface area contributed by atoms with Crippen LogP contribution >= 0.6 is 0 Å². The maximum atomic E-state index is 12.8. The van der Waals surface area contributed by atoms with Gasteiger partial charge in [0.25, 0.3) is 0 Å². The van der Waals surface area contributed by atoms with Crippen molar-refractivity contribution in [2.24, 2.45) is 29.1 Å². The summed E-state index contributed by atoms with van der Waals surface area (Å²) in [7, 11) is 0. The minimum atomic E-state index is -2.35. The topological polar surface area (TPSA) is 0 Å². The van der Waals surface area contributed by atoms with Crippen LogP contribution in [0.3, 0.4) is 0 Å². The molecular formula is C16H28F2. The molecule has 0 bridgehead atoms. The average molecular weight is 258 g/mol. The van der Waals surface area contributed by atoms with E-state index in [1.54, 1.807) is 0 Å². The van der Waals surface area contributed by atoms with Crippen LogP contribution in [0.25, 0.3) is 0 Å². The van der Waals surface area contributed by atoms with Crippen LogP contribution in [-0.2, 0) is 0 Å². The second kappa shape index (κ2) is 4.76. The monoisotopic (exact) mass is 258 g/mol. The summed E-state index contributed by atoms with van der Waals surface area (Å²) in [5, 5.41) is 0. The molecule has 2 fully saturated rings. The van der Waals surface area contributed by atoms with E-state index < -0.39 is 5.92 Å². The van der Waals surface area contributed by atoms with Crippen molar-refractivity contribution in [1.29, 1.82) is 0 Å². The SMILES string of the molecule is CC(C)C1CC(C)(CCC(C)C2CC(F)(F)C2)C1. The van der Waals surface area contributed by atoms with E-state index in [-0.39, 0.29) is 18.8 Å². The minimum absolute atomic E-state index is 0.138. The summed E-state index contributed by atoms with van der Waals surface area (Å²) in [6.07, 6.45) is 5.34. The lowest BCUT2D eigenvalue weighted by molar-refractivity contribution is -0.126. The van der Waals surface area contributed by atoms with Crippen molar-refractivity contribution in [3.8, 4) is 0 Å². The van der Waals surface area contributed by atoms with Crippen molar-refractivity contribution in [2.75, 3.05) is 0 Å². The Kier molecular flexibility index (Phi) is 3.77. The van der Waals surface area contributed by atoms with Gasteiger partial charge in [-0.25, -0.2) is 8.78 Å². The molecule has 18 heavy (non-hydrogen) atoms. The molecule has 0 N–H and O–H groups in total. The summed E-state index contributed by atoms with van der Waals surface area (Å²) in [5.41, 5.74) is 0.509. The highest BCUT2D eigenvalue weighted by Gasteiger charge is 2.48. The zero-order chi connectivity index (χ0) is 13.6. The van der Waals surface area contributed by atoms with Gasteiger partial charge in [0.2, 0.25) is 5.92 Å². The van der Waals surface area contributed by atoms with Crippen LogP contribution in [0.5, 0.6) is 0 Å². The molecule has 2 aliphatic rings. The molecule has 2 aliphatic carbocycles. The number of halogens is 2. The molecule has 0 aromatic heterocycles. The summed E-state index contributed by atoms with van der Waals surface area (Å²) in [5.74, 6) is 0.130. The fraction of sp³-hybridized carbons (Fsp3) is 1.00. The van der Waals surface area contributed by atoms with Crippen LogP contribution in [-0.4, -0.2) is 5.92 Å². The third kappa shape index (κ3) is 3.05. The van der Waals surface area contributed by atoms with E-state index in [0.717, 1.165) is 18.3 Å². The lowest BCUT2D eigenvalue weighted by Gasteiger charge is -2.49. The zero-order valence-electron chi connectivity index (χ0n) is 12.3. The van der Waals surface area contributed by atoms with Gasteiger partial charge in [-0.2, -0.15) is 0 Å². The molecule has 0 nitrogen and oxygen atoms in total. The van der Waals surface area contributed by atoms with Gasteiger partial charge in [0.05, 0.1) is 0 Å². The van der Waals surface area contributed by atoms with Crippen LogP contribution in [0.4, 0.5) is 8.78 Å². The second-order valence-corrected chi connectivity index (χ2v) is 7.76. The number of hydrogen-bond donors (Lipinski definition) is 0. The fourth-order valence-corrected chi connectivity index (χ4v) is 3.80. The lowest BCUT2D eigenvalue weighted by atomic mass is 9.57. The van der Waals surface area contributed by atoms with E-state index in [1.807, 2.05) is 0 Å². The minimum Gasteiger partial charge on any atom is -0.207 e. The Balaban J connectivity index is 1.67. The number of rotatable bonds is 5. The molecule has 0 heterocycles. The summed E-state index contributed by atoms with van der Waals surface area (Å²) in [6, 6.07) is 0. The van der Waals surface area contributed by atoms with Gasteiger partial charge in [-0.1, -0.05) is 27.7 Å². The van der Waals surface area contributed by atoms with Gasteiger partial charge in [0.15, 0.2) is 0 Å². The molecule has 0 radical (unpaired) electrons. The highest BCUT2D eigenvalue weighted by atomic mass is 19.3. The van der Waals surface area contributed by atoms with Gasteiger partial charge in [0.1, 0.15) is 0 Å². The highest BCUT2D eigenvalue weighted by Crippen LogP contribution is 2.53. The van der Waals surface area contributed by atoms with Gasteiger partial charge < -0.3 is 0 Å². The van der Waals surface area contributed by atoms with E-state index in [1.165, 1.54) is 19.3 Å². The first-order chi connectivity index (χ1) is 8.21. The normalized spacial score (nSPS) is 37.2. The third-order valence-corrected chi connectivity index (χ3v) is 5.58. The third-order valence-electron chi connectivity index (χ3n) is 5.58. The van der Waals surface area contributed by atoms with Gasteiger partial charge in [-0.15, -0.1) is 0 Å². The van der Waals surface area contributed by atoms with Gasteiger partial charge in [0, 0.05) is 12.8 Å². The Morgan fingerprint density at radius 1 is 1.00 bits per heavy atom. The van der Waals surface area contributed by atoms with Crippen LogP contribution in [0.2, 0.25) is 0 Å². The molecule has 2 heteroatoms.